The topological polar surface area (TPSA) is 91.9 Å². The number of carboxylic acid groups (broad SMARTS) is 1. The maximum Gasteiger partial charge on any atom is 0.335 e. The van der Waals surface area contributed by atoms with Gasteiger partial charge in [-0.1, -0.05) is 32.9 Å². The number of fused-ring (bicyclic) bond motifs is 1. The molecule has 33 heavy (non-hydrogen) atoms. The van der Waals surface area contributed by atoms with Gasteiger partial charge in [-0.25, -0.2) is 9.79 Å². The number of nitrogens with zero attached hydrogens (tertiary/aromatic N) is 1. The molecule has 0 spiro atoms. The standard InChI is InChI=1S/C26H28N2O4S/c1-26(2,3)18-10-11-20-21(13-18)33-24(22(20)23(29)27-15-19-5-4-12-32-19)28-14-16-6-8-17(9-7-16)25(30)31/h4-9,12,14,18H,10-11,13,15H2,1-3H3,(H,27,29)(H,30,31)/t18-/m1/s1. The molecule has 0 radical (unpaired) electrons. The number of carbonyl (C=O) groups is 2. The van der Waals surface area contributed by atoms with Crippen LogP contribution in [0.5, 0.6) is 0 Å². The van der Waals surface area contributed by atoms with Crippen LogP contribution in [-0.2, 0) is 19.4 Å². The largest absolute Gasteiger partial charge is 0.478 e. The SMILES string of the molecule is CC(C)(C)[C@@H]1CCc2c(sc(N=Cc3ccc(C(=O)O)cc3)c2C(=O)NCc2ccco2)C1. The third-order valence-electron chi connectivity index (χ3n) is 6.19. The molecule has 1 aliphatic carbocycles. The van der Waals surface area contributed by atoms with Crippen molar-refractivity contribution in [2.75, 3.05) is 0 Å². The number of aromatic carboxylic acids is 1. The zero-order valence-corrected chi connectivity index (χ0v) is 19.9. The van der Waals surface area contributed by atoms with Gasteiger partial charge >= 0.3 is 5.97 Å². The molecule has 0 unspecified atom stereocenters. The van der Waals surface area contributed by atoms with Crippen molar-refractivity contribution in [3.8, 4) is 0 Å². The maximum atomic E-state index is 13.2. The fourth-order valence-corrected chi connectivity index (χ4v) is 5.42. The summed E-state index contributed by atoms with van der Waals surface area (Å²) in [5, 5.41) is 12.8. The van der Waals surface area contributed by atoms with Crippen LogP contribution in [0, 0.1) is 11.3 Å². The van der Waals surface area contributed by atoms with Crippen molar-refractivity contribution in [2.45, 2.75) is 46.6 Å². The monoisotopic (exact) mass is 464 g/mol. The van der Waals surface area contributed by atoms with Crippen LogP contribution in [0.4, 0.5) is 5.00 Å². The van der Waals surface area contributed by atoms with Gasteiger partial charge in [0.1, 0.15) is 10.8 Å². The molecule has 3 aromatic rings. The second kappa shape index (κ2) is 9.35. The smallest absolute Gasteiger partial charge is 0.335 e. The van der Waals surface area contributed by atoms with Crippen LogP contribution in [-0.4, -0.2) is 23.2 Å². The summed E-state index contributed by atoms with van der Waals surface area (Å²) in [6.07, 6.45) is 6.13. The summed E-state index contributed by atoms with van der Waals surface area (Å²) >= 11 is 1.58. The van der Waals surface area contributed by atoms with Crippen molar-refractivity contribution in [3.63, 3.8) is 0 Å². The van der Waals surface area contributed by atoms with Gasteiger partial charge in [-0.2, -0.15) is 0 Å². The van der Waals surface area contributed by atoms with Gasteiger partial charge in [0, 0.05) is 11.1 Å². The molecule has 2 aromatic heterocycles. The molecule has 4 rings (SSSR count). The normalized spacial score (nSPS) is 16.0. The van der Waals surface area contributed by atoms with Crippen LogP contribution in [0.25, 0.3) is 0 Å². The Hall–Kier alpha value is -3.19. The second-order valence-electron chi connectivity index (χ2n) is 9.44. The van der Waals surface area contributed by atoms with E-state index >= 15 is 0 Å². The number of hydrogen-bond acceptors (Lipinski definition) is 5. The summed E-state index contributed by atoms with van der Waals surface area (Å²) in [4.78, 5) is 30.2. The summed E-state index contributed by atoms with van der Waals surface area (Å²) in [7, 11) is 0. The van der Waals surface area contributed by atoms with Crippen molar-refractivity contribution < 1.29 is 19.1 Å². The zero-order valence-electron chi connectivity index (χ0n) is 19.1. The number of nitrogens with one attached hydrogen (secondary N) is 1. The molecule has 7 heteroatoms. The number of benzene rings is 1. The Balaban J connectivity index is 1.63. The Morgan fingerprint density at radius 1 is 1.24 bits per heavy atom. The highest BCUT2D eigenvalue weighted by atomic mass is 32.1. The summed E-state index contributed by atoms with van der Waals surface area (Å²) < 4.78 is 5.34. The van der Waals surface area contributed by atoms with Crippen LogP contribution >= 0.6 is 11.3 Å². The molecule has 0 aliphatic heterocycles. The molecular formula is C26H28N2O4S. The Bertz CT molecular complexity index is 1170. The van der Waals surface area contributed by atoms with Gasteiger partial charge < -0.3 is 14.8 Å². The van der Waals surface area contributed by atoms with E-state index in [-0.39, 0.29) is 16.9 Å². The van der Waals surface area contributed by atoms with Crippen LogP contribution in [0.15, 0.2) is 52.1 Å². The molecule has 2 N–H and O–H groups in total. The summed E-state index contributed by atoms with van der Waals surface area (Å²) in [5.41, 5.74) is 2.96. The summed E-state index contributed by atoms with van der Waals surface area (Å²) in [6.45, 7) is 7.13. The number of carboxylic acids is 1. The molecule has 0 saturated carbocycles. The van der Waals surface area contributed by atoms with E-state index in [1.54, 1.807) is 54.1 Å². The third kappa shape index (κ3) is 5.25. The third-order valence-corrected chi connectivity index (χ3v) is 7.35. The van der Waals surface area contributed by atoms with Gasteiger partial charge in [0.05, 0.1) is 23.9 Å². The van der Waals surface area contributed by atoms with Crippen molar-refractivity contribution in [1.82, 2.24) is 5.32 Å². The lowest BCUT2D eigenvalue weighted by atomic mass is 9.72. The van der Waals surface area contributed by atoms with Crippen molar-refractivity contribution >= 4 is 34.4 Å². The van der Waals surface area contributed by atoms with Gasteiger partial charge in [0.15, 0.2) is 0 Å². The van der Waals surface area contributed by atoms with E-state index in [1.165, 1.54) is 4.88 Å². The molecular weight excluding hydrogens is 436 g/mol. The molecule has 0 bridgehead atoms. The average molecular weight is 465 g/mol. The van der Waals surface area contributed by atoms with E-state index in [1.807, 2.05) is 6.07 Å². The molecule has 1 aromatic carbocycles. The summed E-state index contributed by atoms with van der Waals surface area (Å²) in [6, 6.07) is 10.2. The van der Waals surface area contributed by atoms with Crippen molar-refractivity contribution in [1.29, 1.82) is 0 Å². The number of rotatable bonds is 6. The van der Waals surface area contributed by atoms with E-state index in [0.29, 0.717) is 28.8 Å². The van der Waals surface area contributed by atoms with Gasteiger partial charge in [0.25, 0.3) is 5.91 Å². The van der Waals surface area contributed by atoms with Crippen LogP contribution < -0.4 is 5.32 Å². The van der Waals surface area contributed by atoms with Crippen LogP contribution in [0.1, 0.15) is 69.7 Å². The van der Waals surface area contributed by atoms with Gasteiger partial charge in [-0.05, 0) is 66.0 Å². The Morgan fingerprint density at radius 3 is 2.64 bits per heavy atom. The molecule has 172 valence electrons. The number of hydrogen-bond donors (Lipinski definition) is 2. The first-order chi connectivity index (χ1) is 15.7. The minimum atomic E-state index is -0.965. The number of aliphatic imine (C=N–C) groups is 1. The lowest BCUT2D eigenvalue weighted by Crippen LogP contribution is -2.28. The van der Waals surface area contributed by atoms with Crippen LogP contribution in [0.3, 0.4) is 0 Å². The van der Waals surface area contributed by atoms with Crippen LogP contribution in [0.2, 0.25) is 0 Å². The first-order valence-electron chi connectivity index (χ1n) is 11.0. The first-order valence-corrected chi connectivity index (χ1v) is 11.9. The van der Waals surface area contributed by atoms with Gasteiger partial charge in [-0.3, -0.25) is 4.79 Å². The minimum Gasteiger partial charge on any atom is -0.478 e. The molecule has 0 fully saturated rings. The number of carbonyl (C=O) groups excluding carboxylic acids is 1. The zero-order chi connectivity index (χ0) is 23.6. The maximum absolute atomic E-state index is 13.2. The highest BCUT2D eigenvalue weighted by Gasteiger charge is 2.33. The van der Waals surface area contributed by atoms with Crippen molar-refractivity contribution in [3.05, 3.63) is 75.6 Å². The fraction of sp³-hybridized carbons (Fsp3) is 0.346. The average Bonchev–Trinajstić information content (AvgIpc) is 3.42. The Kier molecular flexibility index (Phi) is 6.51. The van der Waals surface area contributed by atoms with Crippen molar-refractivity contribution in [2.24, 2.45) is 16.3 Å². The van der Waals surface area contributed by atoms with E-state index in [9.17, 15) is 9.59 Å². The predicted molar refractivity (Wildman–Crippen MR) is 130 cm³/mol. The van der Waals surface area contributed by atoms with Gasteiger partial charge in [0.2, 0.25) is 0 Å². The first kappa shape index (κ1) is 23.0. The molecule has 6 nitrogen and oxygen atoms in total. The Morgan fingerprint density at radius 2 is 2.00 bits per heavy atom. The molecule has 1 atom stereocenters. The lowest BCUT2D eigenvalue weighted by molar-refractivity contribution is 0.0696. The second-order valence-corrected chi connectivity index (χ2v) is 10.5. The quantitative estimate of drug-likeness (QED) is 0.446. The van der Waals surface area contributed by atoms with E-state index in [0.717, 1.165) is 30.4 Å². The fourth-order valence-electron chi connectivity index (χ4n) is 4.15. The summed E-state index contributed by atoms with van der Waals surface area (Å²) in [5.74, 6) is 0.145. The highest BCUT2D eigenvalue weighted by Crippen LogP contribution is 2.45. The molecule has 1 aliphatic rings. The van der Waals surface area contributed by atoms with E-state index in [4.69, 9.17) is 9.52 Å². The number of furan rings is 1. The predicted octanol–water partition coefficient (Wildman–Crippen LogP) is 5.87. The number of amides is 1. The number of thiophene rings is 1. The minimum absolute atomic E-state index is 0.147. The van der Waals surface area contributed by atoms with Gasteiger partial charge in [-0.15, -0.1) is 11.3 Å². The lowest BCUT2D eigenvalue weighted by Gasteiger charge is -2.33. The molecule has 2 heterocycles. The highest BCUT2D eigenvalue weighted by molar-refractivity contribution is 7.16. The molecule has 0 saturated heterocycles. The molecule has 1 amide bonds. The van der Waals surface area contributed by atoms with E-state index < -0.39 is 5.97 Å². The van der Waals surface area contributed by atoms with E-state index in [2.05, 4.69) is 31.1 Å². The Labute approximate surface area is 197 Å².